The van der Waals surface area contributed by atoms with Crippen LogP contribution in [0.4, 0.5) is 5.13 Å². The second-order valence-electron chi connectivity index (χ2n) is 8.82. The third kappa shape index (κ3) is 5.05. The molecule has 0 bridgehead atoms. The molecule has 8 nitrogen and oxygen atoms in total. The number of hydrogen-bond acceptors (Lipinski definition) is 8. The van der Waals surface area contributed by atoms with Crippen molar-refractivity contribution in [2.45, 2.75) is 32.9 Å². The van der Waals surface area contributed by atoms with Gasteiger partial charge in [0.2, 0.25) is 0 Å². The fourth-order valence-electron chi connectivity index (χ4n) is 4.54. The van der Waals surface area contributed by atoms with Gasteiger partial charge in [-0.05, 0) is 31.7 Å². The number of carbonyl (C=O) groups is 2. The summed E-state index contributed by atoms with van der Waals surface area (Å²) < 4.78 is 11.1. The summed E-state index contributed by atoms with van der Waals surface area (Å²) in [5, 5.41) is 5.77. The number of thiazole rings is 1. The number of ether oxygens (including phenoxy) is 2. The fourth-order valence-corrected chi connectivity index (χ4v) is 5.25. The molecule has 1 aliphatic rings. The quantitative estimate of drug-likeness (QED) is 0.348. The molecule has 0 saturated heterocycles. The maximum absolute atomic E-state index is 13.5. The van der Waals surface area contributed by atoms with E-state index in [0.29, 0.717) is 28.7 Å². The van der Waals surface area contributed by atoms with Crippen molar-refractivity contribution in [3.63, 3.8) is 0 Å². The van der Waals surface area contributed by atoms with E-state index in [-0.39, 0.29) is 0 Å². The van der Waals surface area contributed by atoms with Crippen LogP contribution in [-0.2, 0) is 22.5 Å². The van der Waals surface area contributed by atoms with Crippen LogP contribution in [0, 0.1) is 0 Å². The Labute approximate surface area is 219 Å². The SMILES string of the molecule is CCN1CCc2nc3ccccc3c(C(=O)OC(C)C(=O)Nc3nc(-c4ccccc4OC)cs3)c2C1. The Balaban J connectivity index is 1.35. The molecule has 1 aliphatic heterocycles. The van der Waals surface area contributed by atoms with Gasteiger partial charge in [-0.3, -0.25) is 20.0 Å². The van der Waals surface area contributed by atoms with Gasteiger partial charge in [0.1, 0.15) is 5.75 Å². The maximum atomic E-state index is 13.5. The van der Waals surface area contributed by atoms with Crippen LogP contribution in [0.25, 0.3) is 22.2 Å². The molecule has 9 heteroatoms. The summed E-state index contributed by atoms with van der Waals surface area (Å²) >= 11 is 1.29. The first-order chi connectivity index (χ1) is 18.0. The first kappa shape index (κ1) is 24.9. The van der Waals surface area contributed by atoms with Gasteiger partial charge in [-0.25, -0.2) is 9.78 Å². The van der Waals surface area contributed by atoms with Crippen LogP contribution in [0.2, 0.25) is 0 Å². The Hall–Kier alpha value is -3.82. The zero-order chi connectivity index (χ0) is 25.9. The predicted molar refractivity (Wildman–Crippen MR) is 144 cm³/mol. The Morgan fingerprint density at radius 1 is 1.14 bits per heavy atom. The van der Waals surface area contributed by atoms with Crippen molar-refractivity contribution in [2.75, 3.05) is 25.5 Å². The predicted octanol–water partition coefficient (Wildman–Crippen LogP) is 4.93. The number of amides is 1. The number of nitrogens with zero attached hydrogens (tertiary/aromatic N) is 3. The summed E-state index contributed by atoms with van der Waals surface area (Å²) in [6.07, 6.45) is -0.248. The van der Waals surface area contributed by atoms with Crippen molar-refractivity contribution in [1.82, 2.24) is 14.9 Å². The lowest BCUT2D eigenvalue weighted by Gasteiger charge is -2.29. The number of rotatable bonds is 7. The third-order valence-electron chi connectivity index (χ3n) is 6.55. The van der Waals surface area contributed by atoms with Gasteiger partial charge in [0.25, 0.3) is 5.91 Å². The summed E-state index contributed by atoms with van der Waals surface area (Å²) in [7, 11) is 1.60. The number of pyridine rings is 1. The fraction of sp³-hybridized carbons (Fsp3) is 0.286. The largest absolute Gasteiger partial charge is 0.496 e. The molecule has 190 valence electrons. The second-order valence-corrected chi connectivity index (χ2v) is 9.68. The smallest absolute Gasteiger partial charge is 0.339 e. The molecule has 4 aromatic rings. The number of anilines is 1. The minimum absolute atomic E-state index is 0.416. The minimum Gasteiger partial charge on any atom is -0.496 e. The number of nitrogens with one attached hydrogen (secondary N) is 1. The van der Waals surface area contributed by atoms with E-state index in [1.165, 1.54) is 11.3 Å². The minimum atomic E-state index is -1.01. The lowest BCUT2D eigenvalue weighted by molar-refractivity contribution is -0.123. The van der Waals surface area contributed by atoms with Gasteiger partial charge in [-0.15, -0.1) is 11.3 Å². The molecule has 3 heterocycles. The molecule has 2 aromatic carbocycles. The van der Waals surface area contributed by atoms with E-state index in [1.54, 1.807) is 14.0 Å². The van der Waals surface area contributed by atoms with Crippen molar-refractivity contribution in [1.29, 1.82) is 0 Å². The average Bonchev–Trinajstić information content (AvgIpc) is 3.39. The molecule has 1 unspecified atom stereocenters. The monoisotopic (exact) mass is 516 g/mol. The van der Waals surface area contributed by atoms with Crippen LogP contribution in [0.3, 0.4) is 0 Å². The Kier molecular flexibility index (Phi) is 7.16. The lowest BCUT2D eigenvalue weighted by Crippen LogP contribution is -2.34. The molecule has 0 aliphatic carbocycles. The number of methoxy groups -OCH3 is 1. The van der Waals surface area contributed by atoms with E-state index >= 15 is 0 Å². The molecule has 0 fully saturated rings. The zero-order valence-electron chi connectivity index (χ0n) is 21.0. The van der Waals surface area contributed by atoms with Crippen molar-refractivity contribution in [2.24, 2.45) is 0 Å². The zero-order valence-corrected chi connectivity index (χ0v) is 21.8. The van der Waals surface area contributed by atoms with Crippen LogP contribution in [0.5, 0.6) is 5.75 Å². The number of para-hydroxylation sites is 2. The van der Waals surface area contributed by atoms with Gasteiger partial charge >= 0.3 is 5.97 Å². The highest BCUT2D eigenvalue weighted by molar-refractivity contribution is 7.14. The summed E-state index contributed by atoms with van der Waals surface area (Å²) in [6, 6.07) is 15.1. The van der Waals surface area contributed by atoms with Crippen molar-refractivity contribution in [3.05, 3.63) is 70.7 Å². The van der Waals surface area contributed by atoms with E-state index in [2.05, 4.69) is 22.1 Å². The van der Waals surface area contributed by atoms with Crippen molar-refractivity contribution >= 4 is 39.2 Å². The maximum Gasteiger partial charge on any atom is 0.339 e. The normalized spacial score (nSPS) is 14.1. The molecule has 1 N–H and O–H groups in total. The Bertz CT molecular complexity index is 1470. The highest BCUT2D eigenvalue weighted by Crippen LogP contribution is 2.32. The molecule has 37 heavy (non-hydrogen) atoms. The van der Waals surface area contributed by atoms with Crippen molar-refractivity contribution < 1.29 is 19.1 Å². The number of benzene rings is 2. The number of hydrogen-bond donors (Lipinski definition) is 1. The van der Waals surface area contributed by atoms with E-state index in [9.17, 15) is 9.59 Å². The Morgan fingerprint density at radius 3 is 2.73 bits per heavy atom. The van der Waals surface area contributed by atoms with Gasteiger partial charge in [0.15, 0.2) is 11.2 Å². The molecule has 5 rings (SSSR count). The molecule has 0 spiro atoms. The van der Waals surface area contributed by atoms with Gasteiger partial charge in [0.05, 0.1) is 23.9 Å². The number of fused-ring (bicyclic) bond motifs is 2. The number of carbonyl (C=O) groups excluding carboxylic acids is 2. The molecule has 0 radical (unpaired) electrons. The van der Waals surface area contributed by atoms with E-state index in [0.717, 1.165) is 47.2 Å². The van der Waals surface area contributed by atoms with Crippen LogP contribution in [0.1, 0.15) is 35.5 Å². The molecule has 0 saturated carbocycles. The highest BCUT2D eigenvalue weighted by Gasteiger charge is 2.28. The summed E-state index contributed by atoms with van der Waals surface area (Å²) in [5.74, 6) is -0.275. The van der Waals surface area contributed by atoms with Crippen LogP contribution >= 0.6 is 11.3 Å². The van der Waals surface area contributed by atoms with E-state index in [1.807, 2.05) is 53.9 Å². The number of esters is 1. The van der Waals surface area contributed by atoms with Gasteiger partial charge in [0, 0.05) is 47.1 Å². The second kappa shape index (κ2) is 10.7. The number of likely N-dealkylation sites (N-methyl/N-ethyl adjacent to an activating group) is 1. The highest BCUT2D eigenvalue weighted by atomic mass is 32.1. The topological polar surface area (TPSA) is 93.7 Å². The van der Waals surface area contributed by atoms with Crippen LogP contribution in [-0.4, -0.2) is 53.0 Å². The van der Waals surface area contributed by atoms with Gasteiger partial charge in [-0.2, -0.15) is 0 Å². The van der Waals surface area contributed by atoms with E-state index < -0.39 is 18.0 Å². The van der Waals surface area contributed by atoms with Crippen LogP contribution < -0.4 is 10.1 Å². The molecular weight excluding hydrogens is 488 g/mol. The van der Waals surface area contributed by atoms with Gasteiger partial charge in [-0.1, -0.05) is 37.3 Å². The van der Waals surface area contributed by atoms with E-state index in [4.69, 9.17) is 14.5 Å². The summed E-state index contributed by atoms with van der Waals surface area (Å²) in [5.41, 5.74) is 4.56. The molecular formula is C28H28N4O4S. The number of aromatic nitrogens is 2. The molecule has 1 atom stereocenters. The lowest BCUT2D eigenvalue weighted by atomic mass is 9.95. The Morgan fingerprint density at radius 2 is 1.92 bits per heavy atom. The molecule has 2 aromatic heterocycles. The third-order valence-corrected chi connectivity index (χ3v) is 7.30. The summed E-state index contributed by atoms with van der Waals surface area (Å²) in [4.78, 5) is 38.0. The van der Waals surface area contributed by atoms with Crippen LogP contribution in [0.15, 0.2) is 53.9 Å². The standard InChI is InChI=1S/C28H28N4O4S/c1-4-32-14-13-22-20(15-32)25(19-10-5-7-11-21(19)29-22)27(34)36-17(2)26(33)31-28-30-23(16-37-28)18-9-6-8-12-24(18)35-3/h5-12,16-17H,4,13-15H2,1-3H3,(H,30,31,33). The first-order valence-electron chi connectivity index (χ1n) is 12.2. The van der Waals surface area contributed by atoms with Crippen molar-refractivity contribution in [3.8, 4) is 17.0 Å². The first-order valence-corrected chi connectivity index (χ1v) is 13.1. The van der Waals surface area contributed by atoms with Gasteiger partial charge < -0.3 is 9.47 Å². The summed E-state index contributed by atoms with van der Waals surface area (Å²) in [6.45, 7) is 6.06. The molecule has 1 amide bonds. The average molecular weight is 517 g/mol.